The van der Waals surface area contributed by atoms with Gasteiger partial charge in [-0.3, -0.25) is 10.1 Å². The predicted molar refractivity (Wildman–Crippen MR) is 55.5 cm³/mol. The van der Waals surface area contributed by atoms with Gasteiger partial charge in [0, 0.05) is 25.2 Å². The molecule has 0 saturated carbocycles. The third-order valence-electron chi connectivity index (χ3n) is 2.32. The van der Waals surface area contributed by atoms with Crippen molar-refractivity contribution in [2.24, 2.45) is 5.73 Å². The zero-order valence-corrected chi connectivity index (χ0v) is 7.96. The molecule has 0 spiro atoms. The van der Waals surface area contributed by atoms with E-state index in [9.17, 15) is 10.1 Å². The van der Waals surface area contributed by atoms with Crippen LogP contribution in [0.15, 0.2) is 12.1 Å². The van der Waals surface area contributed by atoms with Crippen molar-refractivity contribution in [1.82, 2.24) is 4.98 Å². The summed E-state index contributed by atoms with van der Waals surface area (Å²) in [5.41, 5.74) is 10.9. The lowest BCUT2D eigenvalue weighted by Gasteiger charge is -2.37. The quantitative estimate of drug-likeness (QED) is 0.511. The summed E-state index contributed by atoms with van der Waals surface area (Å²) < 4.78 is 0. The normalized spacial score (nSPS) is 16.2. The maximum Gasteiger partial charge on any atom is 0.311 e. The Labute approximate surface area is 85.8 Å². The molecule has 1 aromatic heterocycles. The van der Waals surface area contributed by atoms with E-state index >= 15 is 0 Å². The summed E-state index contributed by atoms with van der Waals surface area (Å²) in [5, 5.41) is 10.5. The van der Waals surface area contributed by atoms with E-state index in [1.165, 1.54) is 6.07 Å². The van der Waals surface area contributed by atoms with Gasteiger partial charge in [-0.05, 0) is 6.07 Å². The van der Waals surface area contributed by atoms with E-state index in [0.717, 1.165) is 0 Å². The highest BCUT2D eigenvalue weighted by Crippen LogP contribution is 2.24. The Kier molecular flexibility index (Phi) is 2.16. The van der Waals surface area contributed by atoms with Crippen LogP contribution in [0, 0.1) is 10.1 Å². The number of aromatic nitrogens is 1. The smallest absolute Gasteiger partial charge is 0.311 e. The van der Waals surface area contributed by atoms with Gasteiger partial charge in [0.1, 0.15) is 5.82 Å². The van der Waals surface area contributed by atoms with Crippen LogP contribution in [0.2, 0.25) is 0 Å². The summed E-state index contributed by atoms with van der Waals surface area (Å²) in [6, 6.07) is 3.10. The SMILES string of the molecule is Nc1nc(N2CC(N)C2)ccc1[N+](=O)[O-]. The minimum Gasteiger partial charge on any atom is -0.378 e. The Bertz CT molecular complexity index is 402. The molecule has 0 radical (unpaired) electrons. The first-order valence-electron chi connectivity index (χ1n) is 4.49. The fourth-order valence-electron chi connectivity index (χ4n) is 1.49. The molecule has 2 heterocycles. The minimum atomic E-state index is -0.548. The molecule has 0 unspecified atom stereocenters. The number of nitro groups is 1. The number of nitrogens with zero attached hydrogens (tertiary/aromatic N) is 3. The molecule has 7 heteroatoms. The molecular formula is C8H11N5O2. The van der Waals surface area contributed by atoms with Gasteiger partial charge in [0.15, 0.2) is 0 Å². The van der Waals surface area contributed by atoms with Crippen LogP contribution in [0.25, 0.3) is 0 Å². The largest absolute Gasteiger partial charge is 0.378 e. The molecule has 0 atom stereocenters. The molecule has 1 aromatic rings. The van der Waals surface area contributed by atoms with Gasteiger partial charge in [0.2, 0.25) is 5.82 Å². The van der Waals surface area contributed by atoms with E-state index in [-0.39, 0.29) is 17.5 Å². The molecule has 0 aliphatic carbocycles. The third-order valence-corrected chi connectivity index (χ3v) is 2.32. The average Bonchev–Trinajstić information content (AvgIpc) is 2.12. The van der Waals surface area contributed by atoms with Crippen LogP contribution < -0.4 is 16.4 Å². The Morgan fingerprint density at radius 1 is 1.53 bits per heavy atom. The van der Waals surface area contributed by atoms with Crippen LogP contribution in [0.1, 0.15) is 0 Å². The molecule has 1 aliphatic rings. The topological polar surface area (TPSA) is 111 Å². The van der Waals surface area contributed by atoms with Crippen molar-refractivity contribution < 1.29 is 4.92 Å². The van der Waals surface area contributed by atoms with E-state index in [0.29, 0.717) is 18.9 Å². The molecule has 0 amide bonds. The van der Waals surface area contributed by atoms with Gasteiger partial charge < -0.3 is 16.4 Å². The second-order valence-electron chi connectivity index (χ2n) is 3.50. The maximum atomic E-state index is 10.5. The van der Waals surface area contributed by atoms with Crippen molar-refractivity contribution in [1.29, 1.82) is 0 Å². The molecule has 15 heavy (non-hydrogen) atoms. The Hall–Kier alpha value is -1.89. The van der Waals surface area contributed by atoms with Gasteiger partial charge >= 0.3 is 5.69 Å². The zero-order valence-electron chi connectivity index (χ0n) is 7.96. The lowest BCUT2D eigenvalue weighted by molar-refractivity contribution is -0.384. The minimum absolute atomic E-state index is 0.0574. The van der Waals surface area contributed by atoms with Crippen LogP contribution in [0.5, 0.6) is 0 Å². The summed E-state index contributed by atoms with van der Waals surface area (Å²) in [5.74, 6) is 0.581. The summed E-state index contributed by atoms with van der Waals surface area (Å²) in [7, 11) is 0. The van der Waals surface area contributed by atoms with Crippen molar-refractivity contribution >= 4 is 17.3 Å². The monoisotopic (exact) mass is 209 g/mol. The Morgan fingerprint density at radius 3 is 2.67 bits per heavy atom. The summed E-state index contributed by atoms with van der Waals surface area (Å²) >= 11 is 0. The van der Waals surface area contributed by atoms with Crippen LogP contribution in [0.3, 0.4) is 0 Å². The maximum absolute atomic E-state index is 10.5. The number of pyridine rings is 1. The third kappa shape index (κ3) is 1.68. The van der Waals surface area contributed by atoms with Crippen molar-refractivity contribution in [3.63, 3.8) is 0 Å². The van der Waals surface area contributed by atoms with Crippen molar-refractivity contribution in [2.45, 2.75) is 6.04 Å². The first-order valence-corrected chi connectivity index (χ1v) is 4.49. The highest BCUT2D eigenvalue weighted by atomic mass is 16.6. The number of hydrogen-bond donors (Lipinski definition) is 2. The zero-order chi connectivity index (χ0) is 11.0. The molecule has 0 aromatic carbocycles. The summed E-state index contributed by atoms with van der Waals surface area (Å²) in [4.78, 5) is 15.8. The van der Waals surface area contributed by atoms with Gasteiger partial charge in [0.05, 0.1) is 4.92 Å². The number of hydrogen-bond acceptors (Lipinski definition) is 6. The van der Waals surface area contributed by atoms with E-state index in [2.05, 4.69) is 4.98 Å². The number of nitrogen functional groups attached to an aromatic ring is 1. The molecule has 1 aliphatic heterocycles. The molecule has 2 rings (SSSR count). The van der Waals surface area contributed by atoms with E-state index in [4.69, 9.17) is 11.5 Å². The van der Waals surface area contributed by atoms with Gasteiger partial charge in [-0.25, -0.2) is 4.98 Å². The van der Waals surface area contributed by atoms with E-state index in [1.54, 1.807) is 6.07 Å². The Balaban J connectivity index is 2.22. The van der Waals surface area contributed by atoms with Gasteiger partial charge in [-0.1, -0.05) is 0 Å². The van der Waals surface area contributed by atoms with Crippen LogP contribution in [-0.2, 0) is 0 Å². The number of anilines is 2. The predicted octanol–water partition coefficient (Wildman–Crippen LogP) is -0.281. The average molecular weight is 209 g/mol. The fraction of sp³-hybridized carbons (Fsp3) is 0.375. The summed E-state index contributed by atoms with van der Waals surface area (Å²) in [6.45, 7) is 1.43. The van der Waals surface area contributed by atoms with Gasteiger partial charge in [-0.15, -0.1) is 0 Å². The van der Waals surface area contributed by atoms with E-state index < -0.39 is 4.92 Å². The van der Waals surface area contributed by atoms with Gasteiger partial charge in [0.25, 0.3) is 0 Å². The number of rotatable bonds is 2. The highest BCUT2D eigenvalue weighted by molar-refractivity contribution is 5.58. The lowest BCUT2D eigenvalue weighted by Crippen LogP contribution is -2.56. The van der Waals surface area contributed by atoms with Crippen LogP contribution >= 0.6 is 0 Å². The molecular weight excluding hydrogens is 198 g/mol. The molecule has 1 saturated heterocycles. The fourth-order valence-corrected chi connectivity index (χ4v) is 1.49. The highest BCUT2D eigenvalue weighted by Gasteiger charge is 2.25. The van der Waals surface area contributed by atoms with Crippen molar-refractivity contribution in [3.05, 3.63) is 22.2 Å². The molecule has 1 fully saturated rings. The van der Waals surface area contributed by atoms with Crippen molar-refractivity contribution in [2.75, 3.05) is 23.7 Å². The first kappa shape index (κ1) is 9.66. The number of nitrogens with two attached hydrogens (primary N) is 2. The van der Waals surface area contributed by atoms with Crippen LogP contribution in [-0.4, -0.2) is 29.0 Å². The standard InChI is InChI=1S/C8H11N5O2/c9-5-3-12(4-5)7-2-1-6(13(14)15)8(10)11-7/h1-2,5H,3-4,9H2,(H2,10,11). The van der Waals surface area contributed by atoms with Gasteiger partial charge in [-0.2, -0.15) is 0 Å². The first-order chi connectivity index (χ1) is 7.08. The summed E-state index contributed by atoms with van der Waals surface area (Å²) in [6.07, 6.45) is 0. The van der Waals surface area contributed by atoms with E-state index in [1.807, 2.05) is 4.90 Å². The molecule has 7 nitrogen and oxygen atoms in total. The van der Waals surface area contributed by atoms with Crippen LogP contribution in [0.4, 0.5) is 17.3 Å². The molecule has 0 bridgehead atoms. The Morgan fingerprint density at radius 2 is 2.20 bits per heavy atom. The van der Waals surface area contributed by atoms with Crippen molar-refractivity contribution in [3.8, 4) is 0 Å². The second-order valence-corrected chi connectivity index (χ2v) is 3.50. The second kappa shape index (κ2) is 3.35. The lowest BCUT2D eigenvalue weighted by atomic mass is 10.1. The molecule has 4 N–H and O–H groups in total. The molecule has 80 valence electrons.